The largest absolute Gasteiger partial charge is 0.481 e. The van der Waals surface area contributed by atoms with Crippen LogP contribution in [0.15, 0.2) is 0 Å². The van der Waals surface area contributed by atoms with E-state index in [1.807, 2.05) is 30.9 Å². The molecule has 5 rings (SSSR count). The van der Waals surface area contributed by atoms with Crippen LogP contribution in [0.3, 0.4) is 0 Å². The van der Waals surface area contributed by atoms with Crippen LogP contribution in [0, 0.1) is 35.5 Å². The lowest BCUT2D eigenvalue weighted by molar-refractivity contribution is -0.180. The lowest BCUT2D eigenvalue weighted by atomic mass is 9.54. The van der Waals surface area contributed by atoms with Gasteiger partial charge in [-0.15, -0.1) is 0 Å². The van der Waals surface area contributed by atoms with Gasteiger partial charge in [0, 0.05) is 56.0 Å². The minimum atomic E-state index is -1.46. The molecule has 0 saturated heterocycles. The average Bonchev–Trinajstić information content (AvgIpc) is 3.10. The van der Waals surface area contributed by atoms with Crippen LogP contribution in [0.25, 0.3) is 0 Å². The maximum atomic E-state index is 13.7. The molecular formula is C38H60N4O9. The predicted molar refractivity (Wildman–Crippen MR) is 187 cm³/mol. The number of amides is 3. The summed E-state index contributed by atoms with van der Waals surface area (Å²) in [5.74, 6) is -9.06. The van der Waals surface area contributed by atoms with E-state index in [9.17, 15) is 39.0 Å². The Labute approximate surface area is 302 Å². The molecule has 0 aliphatic heterocycles. The van der Waals surface area contributed by atoms with Gasteiger partial charge in [0.25, 0.3) is 0 Å². The lowest BCUT2D eigenvalue weighted by Gasteiger charge is -2.46. The smallest absolute Gasteiger partial charge is 0.308 e. The van der Waals surface area contributed by atoms with Crippen LogP contribution in [0.5, 0.6) is 0 Å². The first-order valence-electron chi connectivity index (χ1n) is 19.4. The summed E-state index contributed by atoms with van der Waals surface area (Å²) < 4.78 is 6.57. The summed E-state index contributed by atoms with van der Waals surface area (Å²) in [5, 5.41) is 25.4. The fourth-order valence-electron chi connectivity index (χ4n) is 10.1. The molecule has 5 fully saturated rings. The van der Waals surface area contributed by atoms with Gasteiger partial charge in [-0.2, -0.15) is 0 Å². The number of carbonyl (C=O) groups is 6. The summed E-state index contributed by atoms with van der Waals surface area (Å²) in [4.78, 5) is 79.8. The molecule has 5 aliphatic rings. The number of ketones is 1. The molecule has 8 atom stereocenters. The standard InChI is InChI=1S/C38H60N4O9/c1-21(43)30-31(33(38(49)50)32(30)37(47)48)34(44)40-25-10-6-8-23(20-25)36(46)42(4)27-13-17-29(18-14-27)51-28-15-11-26(12-16-28)41(3)35(45)22-7-5-9-24(19-22)39-2/h22-33,39H,5-20H2,1-4H3,(H,40,44)(H,47,48)(H,49,50). The molecule has 5 aliphatic carbocycles. The van der Waals surface area contributed by atoms with Crippen molar-refractivity contribution in [3.63, 3.8) is 0 Å². The molecule has 51 heavy (non-hydrogen) atoms. The predicted octanol–water partition coefficient (Wildman–Crippen LogP) is 3.23. The van der Waals surface area contributed by atoms with Crippen LogP contribution in [-0.2, 0) is 33.5 Å². The molecule has 0 spiro atoms. The monoisotopic (exact) mass is 716 g/mol. The van der Waals surface area contributed by atoms with E-state index in [1.54, 1.807) is 0 Å². The van der Waals surface area contributed by atoms with Crippen LogP contribution in [0.4, 0.5) is 0 Å². The van der Waals surface area contributed by atoms with Gasteiger partial charge in [0.1, 0.15) is 5.78 Å². The minimum absolute atomic E-state index is 0.0459. The first-order chi connectivity index (χ1) is 24.3. The van der Waals surface area contributed by atoms with Gasteiger partial charge < -0.3 is 35.4 Å². The first kappa shape index (κ1) is 39.2. The molecule has 0 aromatic heterocycles. The summed E-state index contributed by atoms with van der Waals surface area (Å²) in [6, 6.07) is 0.472. The zero-order valence-electron chi connectivity index (χ0n) is 30.9. The number of nitrogens with zero attached hydrogens (tertiary/aromatic N) is 2. The molecule has 13 heteroatoms. The van der Waals surface area contributed by atoms with Gasteiger partial charge in [0.05, 0.1) is 30.0 Å². The number of nitrogens with one attached hydrogen (secondary N) is 2. The number of aliphatic carboxylic acids is 2. The molecule has 286 valence electrons. The molecule has 13 nitrogen and oxygen atoms in total. The number of hydrogen-bond acceptors (Lipinski definition) is 8. The lowest BCUT2D eigenvalue weighted by Crippen LogP contribution is -2.62. The summed E-state index contributed by atoms with van der Waals surface area (Å²) in [7, 11) is 5.82. The fourth-order valence-corrected chi connectivity index (χ4v) is 10.1. The SMILES string of the molecule is CNC1CCCC(C(=O)N(C)C2CCC(OC3CCC(N(C)C(=O)C4CCCC(NC(=O)C5C(C(C)=O)C(C(=O)O)C5C(=O)O)C4)CC3)CC2)C1. The normalized spacial score (nSPS) is 36.9. The first-order valence-corrected chi connectivity index (χ1v) is 19.4. The maximum Gasteiger partial charge on any atom is 0.308 e. The van der Waals surface area contributed by atoms with E-state index in [0.29, 0.717) is 31.2 Å². The third-order valence-corrected chi connectivity index (χ3v) is 13.2. The van der Waals surface area contributed by atoms with Gasteiger partial charge in [-0.1, -0.05) is 12.8 Å². The van der Waals surface area contributed by atoms with E-state index in [2.05, 4.69) is 10.6 Å². The van der Waals surface area contributed by atoms with Gasteiger partial charge >= 0.3 is 11.9 Å². The Kier molecular flexibility index (Phi) is 13.2. The highest BCUT2D eigenvalue weighted by Gasteiger charge is 2.62. The summed E-state index contributed by atoms with van der Waals surface area (Å²) in [5.41, 5.74) is 0. The molecule has 4 N–H and O–H groups in total. The van der Waals surface area contributed by atoms with Crippen LogP contribution in [-0.4, -0.2) is 113 Å². The zero-order chi connectivity index (χ0) is 37.0. The van der Waals surface area contributed by atoms with Crippen molar-refractivity contribution in [1.82, 2.24) is 20.4 Å². The van der Waals surface area contributed by atoms with Crippen LogP contribution in [0.1, 0.15) is 110 Å². The second-order valence-corrected chi connectivity index (χ2v) is 16.2. The topological polar surface area (TPSA) is 183 Å². The number of carboxylic acids is 2. The maximum absolute atomic E-state index is 13.7. The second kappa shape index (κ2) is 17.2. The van der Waals surface area contributed by atoms with Gasteiger partial charge in [-0.3, -0.25) is 28.8 Å². The third-order valence-electron chi connectivity index (χ3n) is 13.2. The van der Waals surface area contributed by atoms with E-state index in [-0.39, 0.29) is 48.1 Å². The van der Waals surface area contributed by atoms with Crippen LogP contribution >= 0.6 is 0 Å². The molecular weight excluding hydrogens is 656 g/mol. The van der Waals surface area contributed by atoms with E-state index < -0.39 is 47.3 Å². The van der Waals surface area contributed by atoms with Crippen molar-refractivity contribution in [2.24, 2.45) is 35.5 Å². The summed E-state index contributed by atoms with van der Waals surface area (Å²) >= 11 is 0. The van der Waals surface area contributed by atoms with Crippen molar-refractivity contribution in [2.45, 2.75) is 146 Å². The van der Waals surface area contributed by atoms with Crippen LogP contribution in [0.2, 0.25) is 0 Å². The number of hydrogen-bond donors (Lipinski definition) is 4. The zero-order valence-corrected chi connectivity index (χ0v) is 30.9. The van der Waals surface area contributed by atoms with Gasteiger partial charge in [0.2, 0.25) is 17.7 Å². The third kappa shape index (κ3) is 8.95. The average molecular weight is 717 g/mol. The van der Waals surface area contributed by atoms with Crippen molar-refractivity contribution < 1.29 is 43.7 Å². The Morgan fingerprint density at radius 3 is 1.45 bits per heavy atom. The molecule has 5 saturated carbocycles. The molecule has 0 radical (unpaired) electrons. The van der Waals surface area contributed by atoms with Gasteiger partial charge in [0.15, 0.2) is 0 Å². The van der Waals surface area contributed by atoms with E-state index in [0.717, 1.165) is 83.5 Å². The van der Waals surface area contributed by atoms with Gasteiger partial charge in [-0.05, 0) is 104 Å². The molecule has 0 bridgehead atoms. The minimum Gasteiger partial charge on any atom is -0.481 e. The van der Waals surface area contributed by atoms with Crippen molar-refractivity contribution in [2.75, 3.05) is 21.1 Å². The number of carboxylic acid groups (broad SMARTS) is 2. The van der Waals surface area contributed by atoms with Crippen molar-refractivity contribution in [3.05, 3.63) is 0 Å². The highest BCUT2D eigenvalue weighted by Crippen LogP contribution is 2.47. The quantitative estimate of drug-likeness (QED) is 0.234. The van der Waals surface area contributed by atoms with E-state index >= 15 is 0 Å². The number of rotatable bonds is 12. The highest BCUT2D eigenvalue weighted by molar-refractivity contribution is 5.99. The Bertz CT molecular complexity index is 1270. The molecule has 0 aromatic rings. The van der Waals surface area contributed by atoms with E-state index in [1.165, 1.54) is 6.92 Å². The van der Waals surface area contributed by atoms with Crippen molar-refractivity contribution in [3.8, 4) is 0 Å². The summed E-state index contributed by atoms with van der Waals surface area (Å²) in [6.07, 6.45) is 14.3. The Morgan fingerprint density at radius 1 is 0.588 bits per heavy atom. The number of carbonyl (C=O) groups excluding carboxylic acids is 4. The Morgan fingerprint density at radius 2 is 1.02 bits per heavy atom. The van der Waals surface area contributed by atoms with E-state index in [4.69, 9.17) is 4.74 Å². The molecule has 0 heterocycles. The number of ether oxygens (including phenoxy) is 1. The number of Topliss-reactive ketones (excluding diaryl/α,β-unsaturated/α-hetero) is 1. The van der Waals surface area contributed by atoms with Crippen LogP contribution < -0.4 is 10.6 Å². The van der Waals surface area contributed by atoms with Crippen molar-refractivity contribution in [1.29, 1.82) is 0 Å². The van der Waals surface area contributed by atoms with Gasteiger partial charge in [-0.25, -0.2) is 0 Å². The summed E-state index contributed by atoms with van der Waals surface area (Å²) in [6.45, 7) is 1.19. The Balaban J connectivity index is 1.04. The molecule has 0 aromatic carbocycles. The van der Waals surface area contributed by atoms with Crippen molar-refractivity contribution >= 4 is 35.4 Å². The fraction of sp³-hybridized carbons (Fsp3) is 0.842. The highest BCUT2D eigenvalue weighted by atomic mass is 16.5. The molecule has 8 unspecified atom stereocenters. The Hall–Kier alpha value is -3.06. The second-order valence-electron chi connectivity index (χ2n) is 16.2. The molecule has 3 amide bonds.